The van der Waals surface area contributed by atoms with Crippen LogP contribution in [0.1, 0.15) is 39.9 Å². The Labute approximate surface area is 143 Å². The highest BCUT2D eigenvalue weighted by Crippen LogP contribution is 2.21. The van der Waals surface area contributed by atoms with E-state index in [4.69, 9.17) is 4.74 Å². The Morgan fingerprint density at radius 3 is 2.54 bits per heavy atom. The minimum Gasteiger partial charge on any atom is -0.494 e. The molecule has 2 aromatic rings. The standard InChI is InChI=1S/C20H25NO3/c1-14-9-10-17(13-16(14)3)24-12-5-4-11-21-19-15(2)7-6-8-18(19)20(22)23/h6-10,13,21H,4-5,11-12H2,1-3H3,(H,22,23). The predicted molar refractivity (Wildman–Crippen MR) is 97.3 cm³/mol. The van der Waals surface area contributed by atoms with E-state index in [0.717, 1.165) is 30.7 Å². The zero-order chi connectivity index (χ0) is 17.5. The van der Waals surface area contributed by atoms with Gasteiger partial charge >= 0.3 is 5.97 Å². The fraction of sp³-hybridized carbons (Fsp3) is 0.350. The summed E-state index contributed by atoms with van der Waals surface area (Å²) in [6.45, 7) is 7.46. The third-order valence-corrected chi connectivity index (χ3v) is 4.12. The van der Waals surface area contributed by atoms with Crippen LogP contribution in [0.25, 0.3) is 0 Å². The Morgan fingerprint density at radius 2 is 1.83 bits per heavy atom. The van der Waals surface area contributed by atoms with E-state index < -0.39 is 5.97 Å². The molecule has 128 valence electrons. The first-order chi connectivity index (χ1) is 11.5. The molecule has 0 spiro atoms. The molecule has 0 saturated carbocycles. The number of carbonyl (C=O) groups is 1. The van der Waals surface area contributed by atoms with Crippen molar-refractivity contribution in [1.82, 2.24) is 0 Å². The second kappa shape index (κ2) is 8.39. The lowest BCUT2D eigenvalue weighted by atomic mass is 10.1. The maximum absolute atomic E-state index is 11.3. The smallest absolute Gasteiger partial charge is 0.337 e. The summed E-state index contributed by atoms with van der Waals surface area (Å²) < 4.78 is 5.76. The molecule has 24 heavy (non-hydrogen) atoms. The highest BCUT2D eigenvalue weighted by atomic mass is 16.5. The minimum atomic E-state index is -0.903. The number of aromatic carboxylic acids is 1. The molecule has 0 heterocycles. The maximum atomic E-state index is 11.3. The number of anilines is 1. The number of carboxylic acids is 1. The molecule has 0 aromatic heterocycles. The van der Waals surface area contributed by atoms with Gasteiger partial charge in [0.15, 0.2) is 0 Å². The maximum Gasteiger partial charge on any atom is 0.337 e. The van der Waals surface area contributed by atoms with Crippen molar-refractivity contribution in [1.29, 1.82) is 0 Å². The molecule has 0 bridgehead atoms. The van der Waals surface area contributed by atoms with Crippen molar-refractivity contribution >= 4 is 11.7 Å². The van der Waals surface area contributed by atoms with Crippen LogP contribution in [0.4, 0.5) is 5.69 Å². The summed E-state index contributed by atoms with van der Waals surface area (Å²) in [5.41, 5.74) is 4.47. The van der Waals surface area contributed by atoms with Gasteiger partial charge in [-0.1, -0.05) is 18.2 Å². The van der Waals surface area contributed by atoms with Gasteiger partial charge in [-0.05, 0) is 68.5 Å². The van der Waals surface area contributed by atoms with E-state index in [1.165, 1.54) is 11.1 Å². The topological polar surface area (TPSA) is 58.6 Å². The molecule has 0 atom stereocenters. The Bertz CT molecular complexity index is 710. The van der Waals surface area contributed by atoms with Crippen LogP contribution in [0.2, 0.25) is 0 Å². The van der Waals surface area contributed by atoms with E-state index >= 15 is 0 Å². The molecule has 4 nitrogen and oxygen atoms in total. The number of nitrogens with one attached hydrogen (secondary N) is 1. The quantitative estimate of drug-likeness (QED) is 0.697. The summed E-state index contributed by atoms with van der Waals surface area (Å²) in [5, 5.41) is 12.5. The van der Waals surface area contributed by atoms with Crippen molar-refractivity contribution in [3.8, 4) is 5.75 Å². The van der Waals surface area contributed by atoms with Crippen LogP contribution in [0.15, 0.2) is 36.4 Å². The van der Waals surface area contributed by atoms with Gasteiger partial charge in [0.1, 0.15) is 5.75 Å². The van der Waals surface area contributed by atoms with Crippen LogP contribution in [-0.4, -0.2) is 24.2 Å². The molecule has 0 aliphatic carbocycles. The van der Waals surface area contributed by atoms with E-state index in [2.05, 4.69) is 31.3 Å². The number of unbranched alkanes of at least 4 members (excludes halogenated alkanes) is 1. The zero-order valence-corrected chi connectivity index (χ0v) is 14.6. The lowest BCUT2D eigenvalue weighted by molar-refractivity contribution is 0.0698. The van der Waals surface area contributed by atoms with Gasteiger partial charge in [0, 0.05) is 6.54 Å². The first-order valence-electron chi connectivity index (χ1n) is 8.26. The van der Waals surface area contributed by atoms with E-state index in [-0.39, 0.29) is 0 Å². The molecule has 2 rings (SSSR count). The monoisotopic (exact) mass is 327 g/mol. The predicted octanol–water partition coefficient (Wildman–Crippen LogP) is 4.58. The summed E-state index contributed by atoms with van der Waals surface area (Å²) >= 11 is 0. The van der Waals surface area contributed by atoms with Gasteiger partial charge in [-0.3, -0.25) is 0 Å². The summed E-state index contributed by atoms with van der Waals surface area (Å²) in [6.07, 6.45) is 1.83. The zero-order valence-electron chi connectivity index (χ0n) is 14.6. The van der Waals surface area contributed by atoms with Gasteiger partial charge in [-0.15, -0.1) is 0 Å². The van der Waals surface area contributed by atoms with E-state index in [9.17, 15) is 9.90 Å². The summed E-state index contributed by atoms with van der Waals surface area (Å²) in [4.78, 5) is 11.3. The first kappa shape index (κ1) is 17.9. The second-order valence-corrected chi connectivity index (χ2v) is 6.03. The van der Waals surface area contributed by atoms with E-state index in [0.29, 0.717) is 17.9 Å². The molecule has 2 N–H and O–H groups in total. The van der Waals surface area contributed by atoms with Gasteiger partial charge in [-0.2, -0.15) is 0 Å². The number of benzene rings is 2. The van der Waals surface area contributed by atoms with Crippen LogP contribution < -0.4 is 10.1 Å². The number of carboxylic acid groups (broad SMARTS) is 1. The SMILES string of the molecule is Cc1ccc(OCCCCNc2c(C)cccc2C(=O)O)cc1C. The van der Waals surface area contributed by atoms with E-state index in [1.54, 1.807) is 12.1 Å². The van der Waals surface area contributed by atoms with Gasteiger partial charge < -0.3 is 15.2 Å². The van der Waals surface area contributed by atoms with Gasteiger partial charge in [0.05, 0.1) is 17.9 Å². The molecular formula is C20H25NO3. The number of ether oxygens (including phenoxy) is 1. The van der Waals surface area contributed by atoms with Crippen molar-refractivity contribution in [2.75, 3.05) is 18.5 Å². The molecule has 0 fully saturated rings. The molecule has 0 amide bonds. The molecule has 0 aliphatic rings. The summed E-state index contributed by atoms with van der Waals surface area (Å²) in [6, 6.07) is 11.4. The Hall–Kier alpha value is -2.49. The van der Waals surface area contributed by atoms with Crippen LogP contribution in [0.5, 0.6) is 5.75 Å². The van der Waals surface area contributed by atoms with Crippen molar-refractivity contribution < 1.29 is 14.6 Å². The average Bonchev–Trinajstić information content (AvgIpc) is 2.55. The fourth-order valence-corrected chi connectivity index (χ4v) is 2.51. The Kier molecular flexibility index (Phi) is 6.24. The lowest BCUT2D eigenvalue weighted by Crippen LogP contribution is -2.10. The summed E-state index contributed by atoms with van der Waals surface area (Å²) in [5.74, 6) is -0.00241. The number of aryl methyl sites for hydroxylation is 3. The second-order valence-electron chi connectivity index (χ2n) is 6.03. The van der Waals surface area contributed by atoms with Crippen molar-refractivity contribution in [3.05, 3.63) is 58.7 Å². The largest absolute Gasteiger partial charge is 0.494 e. The van der Waals surface area contributed by atoms with Crippen LogP contribution in [0.3, 0.4) is 0 Å². The molecule has 0 saturated heterocycles. The normalized spacial score (nSPS) is 10.5. The van der Waals surface area contributed by atoms with Crippen LogP contribution >= 0.6 is 0 Å². The molecule has 2 aromatic carbocycles. The molecule has 0 aliphatic heterocycles. The average molecular weight is 327 g/mol. The summed E-state index contributed by atoms with van der Waals surface area (Å²) in [7, 11) is 0. The highest BCUT2D eigenvalue weighted by molar-refractivity contribution is 5.95. The first-order valence-corrected chi connectivity index (χ1v) is 8.26. The number of hydrogen-bond donors (Lipinski definition) is 2. The van der Waals surface area contributed by atoms with Crippen molar-refractivity contribution in [2.24, 2.45) is 0 Å². The molecule has 0 radical (unpaired) electrons. The number of para-hydroxylation sites is 1. The van der Waals surface area contributed by atoms with Crippen molar-refractivity contribution in [2.45, 2.75) is 33.6 Å². The third kappa shape index (κ3) is 4.75. The number of rotatable bonds is 8. The van der Waals surface area contributed by atoms with Gasteiger partial charge in [0.2, 0.25) is 0 Å². The minimum absolute atomic E-state index is 0.321. The molecular weight excluding hydrogens is 302 g/mol. The van der Waals surface area contributed by atoms with Crippen LogP contribution in [0, 0.1) is 20.8 Å². The Balaban J connectivity index is 1.76. The van der Waals surface area contributed by atoms with Gasteiger partial charge in [-0.25, -0.2) is 4.79 Å². The fourth-order valence-electron chi connectivity index (χ4n) is 2.51. The molecule has 4 heteroatoms. The lowest BCUT2D eigenvalue weighted by Gasteiger charge is -2.13. The van der Waals surface area contributed by atoms with E-state index in [1.807, 2.05) is 19.1 Å². The van der Waals surface area contributed by atoms with Gasteiger partial charge in [0.25, 0.3) is 0 Å². The van der Waals surface area contributed by atoms with Crippen molar-refractivity contribution in [3.63, 3.8) is 0 Å². The Morgan fingerprint density at radius 1 is 1.04 bits per heavy atom. The third-order valence-electron chi connectivity index (χ3n) is 4.12. The highest BCUT2D eigenvalue weighted by Gasteiger charge is 2.11. The number of hydrogen-bond acceptors (Lipinski definition) is 3. The molecule has 0 unspecified atom stereocenters. The van der Waals surface area contributed by atoms with Crippen LogP contribution in [-0.2, 0) is 0 Å².